The normalized spacial score (nSPS) is 10.3. The van der Waals surface area contributed by atoms with Gasteiger partial charge in [-0.05, 0) is 12.1 Å². The number of hydrogen-bond donors (Lipinski definition) is 1. The van der Waals surface area contributed by atoms with Crippen LogP contribution in [0.25, 0.3) is 11.1 Å². The minimum Gasteiger partial charge on any atom is -0.478 e. The molecule has 1 N–H and O–H groups in total. The van der Waals surface area contributed by atoms with E-state index in [4.69, 9.17) is 0 Å². The van der Waals surface area contributed by atoms with Crippen molar-refractivity contribution in [1.29, 1.82) is 0 Å². The lowest BCUT2D eigenvalue weighted by atomic mass is 10.00. The molecule has 0 aliphatic carbocycles. The average molecular weight is 260 g/mol. The molecule has 1 aromatic carbocycles. The Balaban J connectivity index is 2.74. The highest BCUT2D eigenvalue weighted by atomic mass is 19.1. The first-order valence-electron chi connectivity index (χ1n) is 5.67. The van der Waals surface area contributed by atoms with Crippen molar-refractivity contribution in [2.24, 2.45) is 0 Å². The van der Waals surface area contributed by atoms with Crippen molar-refractivity contribution in [2.45, 2.75) is 0 Å². The van der Waals surface area contributed by atoms with E-state index >= 15 is 0 Å². The van der Waals surface area contributed by atoms with Crippen LogP contribution in [0.3, 0.4) is 0 Å². The van der Waals surface area contributed by atoms with E-state index in [2.05, 4.69) is 4.98 Å². The fraction of sp³-hybridized carbons (Fsp3) is 0.143. The summed E-state index contributed by atoms with van der Waals surface area (Å²) in [4.78, 5) is 17.1. The van der Waals surface area contributed by atoms with Crippen molar-refractivity contribution in [3.8, 4) is 11.1 Å². The molecule has 0 aliphatic rings. The molecule has 0 spiro atoms. The zero-order chi connectivity index (χ0) is 14.0. The van der Waals surface area contributed by atoms with Crippen LogP contribution < -0.4 is 4.90 Å². The van der Waals surface area contributed by atoms with Crippen molar-refractivity contribution in [3.05, 3.63) is 47.9 Å². The van der Waals surface area contributed by atoms with Gasteiger partial charge in [0.05, 0.1) is 0 Å². The van der Waals surface area contributed by atoms with E-state index in [0.717, 1.165) is 0 Å². The Morgan fingerprint density at radius 2 is 1.89 bits per heavy atom. The van der Waals surface area contributed by atoms with Crippen LogP contribution >= 0.6 is 0 Å². The van der Waals surface area contributed by atoms with Crippen molar-refractivity contribution in [3.63, 3.8) is 0 Å². The number of nitrogens with zero attached hydrogens (tertiary/aromatic N) is 2. The Bertz CT molecular complexity index is 627. The Hall–Kier alpha value is -2.43. The predicted molar refractivity (Wildman–Crippen MR) is 70.9 cm³/mol. The van der Waals surface area contributed by atoms with Gasteiger partial charge >= 0.3 is 5.97 Å². The second-order valence-electron chi connectivity index (χ2n) is 4.24. The molecular formula is C14H13FN2O2. The lowest BCUT2D eigenvalue weighted by Gasteiger charge is -2.16. The molecule has 0 saturated heterocycles. The van der Waals surface area contributed by atoms with Crippen molar-refractivity contribution in [2.75, 3.05) is 19.0 Å². The van der Waals surface area contributed by atoms with Crippen molar-refractivity contribution < 1.29 is 14.3 Å². The molecule has 1 aromatic heterocycles. The SMILES string of the molecule is CN(C)c1nccc(-c2ccccc2F)c1C(=O)O. The molecule has 0 amide bonds. The second kappa shape index (κ2) is 5.06. The number of carboxylic acids is 1. The zero-order valence-corrected chi connectivity index (χ0v) is 10.6. The van der Waals surface area contributed by atoms with Crippen LogP contribution in [-0.2, 0) is 0 Å². The van der Waals surface area contributed by atoms with E-state index in [1.807, 2.05) is 0 Å². The van der Waals surface area contributed by atoms with E-state index in [9.17, 15) is 14.3 Å². The van der Waals surface area contributed by atoms with Gasteiger partial charge in [-0.1, -0.05) is 18.2 Å². The predicted octanol–water partition coefficient (Wildman–Crippen LogP) is 2.65. The lowest BCUT2D eigenvalue weighted by molar-refractivity contribution is 0.0698. The highest BCUT2D eigenvalue weighted by Gasteiger charge is 2.20. The van der Waals surface area contributed by atoms with E-state index < -0.39 is 11.8 Å². The van der Waals surface area contributed by atoms with Gasteiger partial charge in [0.15, 0.2) is 0 Å². The molecule has 1 heterocycles. The molecule has 0 bridgehead atoms. The Kier molecular flexibility index (Phi) is 3.46. The molecule has 98 valence electrons. The minimum absolute atomic E-state index is 0.00222. The number of carbonyl (C=O) groups is 1. The number of aromatic nitrogens is 1. The van der Waals surface area contributed by atoms with Crippen LogP contribution in [0, 0.1) is 5.82 Å². The molecule has 5 heteroatoms. The van der Waals surface area contributed by atoms with Crippen LogP contribution in [-0.4, -0.2) is 30.2 Å². The highest BCUT2D eigenvalue weighted by Crippen LogP contribution is 2.30. The lowest BCUT2D eigenvalue weighted by Crippen LogP contribution is -2.16. The summed E-state index contributed by atoms with van der Waals surface area (Å²) in [5.74, 6) is -1.29. The molecule has 0 fully saturated rings. The Morgan fingerprint density at radius 3 is 2.47 bits per heavy atom. The molecule has 0 unspecified atom stereocenters. The summed E-state index contributed by atoms with van der Waals surface area (Å²) in [6, 6.07) is 7.59. The fourth-order valence-electron chi connectivity index (χ4n) is 1.90. The number of anilines is 1. The number of pyridine rings is 1. The monoisotopic (exact) mass is 260 g/mol. The summed E-state index contributed by atoms with van der Waals surface area (Å²) < 4.78 is 13.8. The molecule has 0 atom stereocenters. The summed E-state index contributed by atoms with van der Waals surface area (Å²) in [5.41, 5.74) is 0.576. The summed E-state index contributed by atoms with van der Waals surface area (Å²) >= 11 is 0. The fourth-order valence-corrected chi connectivity index (χ4v) is 1.90. The van der Waals surface area contributed by atoms with Crippen LogP contribution in [0.1, 0.15) is 10.4 Å². The standard InChI is InChI=1S/C14H13FN2O2/c1-17(2)13-12(14(18)19)10(7-8-16-13)9-5-3-4-6-11(9)15/h3-8H,1-2H3,(H,18,19). The van der Waals surface area contributed by atoms with E-state index in [0.29, 0.717) is 11.4 Å². The molecule has 2 aromatic rings. The van der Waals surface area contributed by atoms with Gasteiger partial charge in [-0.15, -0.1) is 0 Å². The number of carboxylic acid groups (broad SMARTS) is 1. The van der Waals surface area contributed by atoms with Crippen LogP contribution in [0.4, 0.5) is 10.2 Å². The maximum atomic E-state index is 13.8. The van der Waals surface area contributed by atoms with Gasteiger partial charge in [0.2, 0.25) is 0 Å². The number of halogens is 1. The Labute approximate surface area is 110 Å². The maximum absolute atomic E-state index is 13.8. The van der Waals surface area contributed by atoms with Gasteiger partial charge in [0.1, 0.15) is 17.2 Å². The van der Waals surface area contributed by atoms with Gasteiger partial charge in [-0.25, -0.2) is 14.2 Å². The third-order valence-corrected chi connectivity index (χ3v) is 2.73. The third-order valence-electron chi connectivity index (χ3n) is 2.73. The molecule has 2 rings (SSSR count). The summed E-state index contributed by atoms with van der Waals surface area (Å²) in [6.07, 6.45) is 1.48. The summed E-state index contributed by atoms with van der Waals surface area (Å²) in [7, 11) is 3.39. The van der Waals surface area contributed by atoms with Gasteiger partial charge < -0.3 is 10.0 Å². The highest BCUT2D eigenvalue weighted by molar-refractivity contribution is 6.01. The van der Waals surface area contributed by atoms with Gasteiger partial charge in [0, 0.05) is 31.4 Å². The van der Waals surface area contributed by atoms with Crippen LogP contribution in [0.5, 0.6) is 0 Å². The van der Waals surface area contributed by atoms with Crippen LogP contribution in [0.15, 0.2) is 36.5 Å². The minimum atomic E-state index is -1.13. The van der Waals surface area contributed by atoms with Gasteiger partial charge in [0.25, 0.3) is 0 Å². The van der Waals surface area contributed by atoms with E-state index in [1.54, 1.807) is 37.2 Å². The molecule has 0 saturated carbocycles. The summed E-state index contributed by atoms with van der Waals surface area (Å²) in [5, 5.41) is 9.36. The molecular weight excluding hydrogens is 247 g/mol. The first-order chi connectivity index (χ1) is 9.02. The van der Waals surface area contributed by atoms with Crippen molar-refractivity contribution in [1.82, 2.24) is 4.98 Å². The largest absolute Gasteiger partial charge is 0.478 e. The quantitative estimate of drug-likeness (QED) is 0.921. The molecule has 0 radical (unpaired) electrons. The first-order valence-corrected chi connectivity index (χ1v) is 5.67. The second-order valence-corrected chi connectivity index (χ2v) is 4.24. The summed E-state index contributed by atoms with van der Waals surface area (Å²) in [6.45, 7) is 0. The topological polar surface area (TPSA) is 53.4 Å². The van der Waals surface area contributed by atoms with Gasteiger partial charge in [-0.3, -0.25) is 0 Å². The molecule has 0 aliphatic heterocycles. The number of hydrogen-bond acceptors (Lipinski definition) is 3. The first kappa shape index (κ1) is 13.0. The van der Waals surface area contributed by atoms with Gasteiger partial charge in [-0.2, -0.15) is 0 Å². The zero-order valence-electron chi connectivity index (χ0n) is 10.6. The number of rotatable bonds is 3. The van der Waals surface area contributed by atoms with E-state index in [-0.39, 0.29) is 11.1 Å². The van der Waals surface area contributed by atoms with E-state index in [1.165, 1.54) is 18.3 Å². The smallest absolute Gasteiger partial charge is 0.340 e. The molecule has 4 nitrogen and oxygen atoms in total. The number of aromatic carboxylic acids is 1. The average Bonchev–Trinajstić information content (AvgIpc) is 2.38. The molecule has 19 heavy (non-hydrogen) atoms. The van der Waals surface area contributed by atoms with Crippen molar-refractivity contribution >= 4 is 11.8 Å². The maximum Gasteiger partial charge on any atom is 0.340 e. The number of benzene rings is 1. The van der Waals surface area contributed by atoms with Crippen LogP contribution in [0.2, 0.25) is 0 Å². The Morgan fingerprint density at radius 1 is 1.21 bits per heavy atom. The third kappa shape index (κ3) is 2.40.